The maximum Gasteiger partial charge on any atom is 0.244 e. The van der Waals surface area contributed by atoms with E-state index in [2.05, 4.69) is 4.72 Å². The largest absolute Gasteiger partial charge is 0.465 e. The van der Waals surface area contributed by atoms with Crippen molar-refractivity contribution < 1.29 is 12.8 Å². The van der Waals surface area contributed by atoms with E-state index in [9.17, 15) is 8.42 Å². The molecule has 1 aromatic rings. The summed E-state index contributed by atoms with van der Waals surface area (Å²) in [7, 11) is -3.51. The van der Waals surface area contributed by atoms with Crippen LogP contribution in [0, 0.1) is 13.8 Å². The summed E-state index contributed by atoms with van der Waals surface area (Å²) in [6.45, 7) is 5.29. The lowest BCUT2D eigenvalue weighted by molar-refractivity contribution is 0.495. The minimum atomic E-state index is -3.51. The fourth-order valence-electron chi connectivity index (χ4n) is 1.25. The van der Waals surface area contributed by atoms with Gasteiger partial charge in [0.15, 0.2) is 0 Å². The lowest BCUT2D eigenvalue weighted by Crippen LogP contribution is -2.37. The van der Waals surface area contributed by atoms with E-state index in [-0.39, 0.29) is 29.9 Å². The molecule has 0 amide bonds. The molecule has 0 saturated heterocycles. The molecule has 0 aliphatic rings. The lowest BCUT2D eigenvalue weighted by atomic mass is 10.4. The monoisotopic (exact) mass is 268 g/mol. The summed E-state index contributed by atoms with van der Waals surface area (Å²) in [5.41, 5.74) is 5.35. The van der Waals surface area contributed by atoms with Gasteiger partial charge in [-0.3, -0.25) is 0 Å². The molecule has 1 heterocycles. The van der Waals surface area contributed by atoms with E-state index >= 15 is 0 Å². The van der Waals surface area contributed by atoms with E-state index in [1.165, 1.54) is 6.07 Å². The van der Waals surface area contributed by atoms with Gasteiger partial charge < -0.3 is 10.2 Å². The quantitative estimate of drug-likeness (QED) is 0.851. The number of rotatable bonds is 4. The summed E-state index contributed by atoms with van der Waals surface area (Å²) in [5.74, 6) is 0.970. The molecule has 0 saturated carbocycles. The highest BCUT2D eigenvalue weighted by atomic mass is 35.5. The van der Waals surface area contributed by atoms with Crippen molar-refractivity contribution in [3.63, 3.8) is 0 Å². The average molecular weight is 269 g/mol. The third-order valence-electron chi connectivity index (χ3n) is 1.99. The molecule has 7 heteroatoms. The van der Waals surface area contributed by atoms with Gasteiger partial charge in [-0.25, -0.2) is 13.1 Å². The second kappa shape index (κ2) is 5.67. The predicted molar refractivity (Wildman–Crippen MR) is 64.3 cm³/mol. The Morgan fingerprint density at radius 3 is 2.44 bits per heavy atom. The van der Waals surface area contributed by atoms with Gasteiger partial charge in [0.05, 0.1) is 0 Å². The first kappa shape index (κ1) is 15.4. The minimum Gasteiger partial charge on any atom is -0.465 e. The molecule has 0 aliphatic carbocycles. The molecule has 0 unspecified atom stereocenters. The Morgan fingerprint density at radius 2 is 2.06 bits per heavy atom. The first-order valence-corrected chi connectivity index (χ1v) is 6.14. The number of nitrogens with one attached hydrogen (secondary N) is 1. The van der Waals surface area contributed by atoms with Crippen LogP contribution in [0.2, 0.25) is 0 Å². The van der Waals surface area contributed by atoms with Crippen molar-refractivity contribution in [2.45, 2.75) is 31.7 Å². The molecular formula is C9H17ClN2O3S. The van der Waals surface area contributed by atoms with Crippen molar-refractivity contribution in [1.82, 2.24) is 4.72 Å². The van der Waals surface area contributed by atoms with Crippen LogP contribution in [-0.2, 0) is 10.0 Å². The van der Waals surface area contributed by atoms with E-state index in [0.29, 0.717) is 11.5 Å². The van der Waals surface area contributed by atoms with Crippen LogP contribution >= 0.6 is 12.4 Å². The molecule has 0 bridgehead atoms. The van der Waals surface area contributed by atoms with Gasteiger partial charge in [-0.1, -0.05) is 0 Å². The van der Waals surface area contributed by atoms with Crippen molar-refractivity contribution in [2.24, 2.45) is 5.73 Å². The van der Waals surface area contributed by atoms with E-state index in [1.54, 1.807) is 20.8 Å². The predicted octanol–water partition coefficient (Wildman–Crippen LogP) is 0.944. The van der Waals surface area contributed by atoms with Crippen LogP contribution in [0.4, 0.5) is 0 Å². The number of hydrogen-bond donors (Lipinski definition) is 2. The summed E-state index contributed by atoms with van der Waals surface area (Å²) < 4.78 is 31.2. The molecule has 3 N–H and O–H groups in total. The zero-order valence-electron chi connectivity index (χ0n) is 9.48. The molecule has 0 aliphatic heterocycles. The molecule has 0 spiro atoms. The number of hydrogen-bond acceptors (Lipinski definition) is 4. The van der Waals surface area contributed by atoms with Gasteiger partial charge in [0, 0.05) is 12.6 Å². The number of nitrogens with two attached hydrogens (primary N) is 1. The van der Waals surface area contributed by atoms with Gasteiger partial charge in [-0.15, -0.1) is 12.4 Å². The Balaban J connectivity index is 0.00000225. The van der Waals surface area contributed by atoms with E-state index in [0.717, 1.165) is 0 Å². The van der Waals surface area contributed by atoms with Crippen molar-refractivity contribution in [1.29, 1.82) is 0 Å². The molecule has 1 rings (SSSR count). The van der Waals surface area contributed by atoms with Crippen molar-refractivity contribution in [3.05, 3.63) is 17.6 Å². The van der Waals surface area contributed by atoms with Crippen LogP contribution in [0.3, 0.4) is 0 Å². The van der Waals surface area contributed by atoms with E-state index in [1.807, 2.05) is 0 Å². The standard InChI is InChI=1S/C9H16N2O3S.ClH/c1-6(5-10)11-15(12,13)9-4-7(2)14-8(9)3;/h4,6,11H,5,10H2,1-3H3;1H/t6-;/m1./s1. The van der Waals surface area contributed by atoms with E-state index < -0.39 is 10.0 Å². The van der Waals surface area contributed by atoms with Crippen LogP contribution < -0.4 is 10.5 Å². The zero-order chi connectivity index (χ0) is 11.6. The van der Waals surface area contributed by atoms with Gasteiger partial charge in [0.25, 0.3) is 0 Å². The number of furan rings is 1. The Kier molecular flexibility index (Phi) is 5.48. The molecule has 0 aromatic carbocycles. The van der Waals surface area contributed by atoms with Crippen molar-refractivity contribution in [2.75, 3.05) is 6.54 Å². The van der Waals surface area contributed by atoms with Crippen molar-refractivity contribution >= 4 is 22.4 Å². The fourth-order valence-corrected chi connectivity index (χ4v) is 2.74. The topological polar surface area (TPSA) is 85.3 Å². The van der Waals surface area contributed by atoms with Crippen molar-refractivity contribution in [3.8, 4) is 0 Å². The molecule has 0 radical (unpaired) electrons. The maximum absolute atomic E-state index is 11.8. The van der Waals surface area contributed by atoms with Gasteiger partial charge in [-0.2, -0.15) is 0 Å². The Bertz CT molecular complexity index is 442. The smallest absolute Gasteiger partial charge is 0.244 e. The van der Waals surface area contributed by atoms with Crippen LogP contribution in [0.15, 0.2) is 15.4 Å². The average Bonchev–Trinajstić information content (AvgIpc) is 2.45. The van der Waals surface area contributed by atoms with Crippen LogP contribution in [0.5, 0.6) is 0 Å². The Hall–Kier alpha value is -0.560. The molecular weight excluding hydrogens is 252 g/mol. The van der Waals surface area contributed by atoms with Gasteiger partial charge in [0.1, 0.15) is 16.4 Å². The van der Waals surface area contributed by atoms with E-state index in [4.69, 9.17) is 10.2 Å². The molecule has 1 aromatic heterocycles. The summed E-state index contributed by atoms with van der Waals surface area (Å²) in [5, 5.41) is 0. The lowest BCUT2D eigenvalue weighted by Gasteiger charge is -2.10. The number of halogens is 1. The summed E-state index contributed by atoms with van der Waals surface area (Å²) in [6.07, 6.45) is 0. The number of aryl methyl sites for hydroxylation is 2. The minimum absolute atomic E-state index is 0. The number of sulfonamides is 1. The normalized spacial score (nSPS) is 13.2. The third kappa shape index (κ3) is 3.48. The summed E-state index contributed by atoms with van der Waals surface area (Å²) in [6, 6.07) is 1.21. The zero-order valence-corrected chi connectivity index (χ0v) is 11.1. The van der Waals surface area contributed by atoms with Crippen LogP contribution in [0.1, 0.15) is 18.4 Å². The van der Waals surface area contributed by atoms with Gasteiger partial charge in [-0.05, 0) is 26.8 Å². The Labute approximate surface area is 102 Å². The highest BCUT2D eigenvalue weighted by molar-refractivity contribution is 7.89. The molecule has 5 nitrogen and oxygen atoms in total. The maximum atomic E-state index is 11.8. The molecule has 1 atom stereocenters. The van der Waals surface area contributed by atoms with Crippen LogP contribution in [-0.4, -0.2) is 21.0 Å². The second-order valence-corrected chi connectivity index (χ2v) is 5.22. The molecule has 16 heavy (non-hydrogen) atoms. The molecule has 0 fully saturated rings. The van der Waals surface area contributed by atoms with Gasteiger partial charge in [0.2, 0.25) is 10.0 Å². The second-order valence-electron chi connectivity index (χ2n) is 3.54. The first-order chi connectivity index (χ1) is 6.86. The highest BCUT2D eigenvalue weighted by Crippen LogP contribution is 2.19. The van der Waals surface area contributed by atoms with Gasteiger partial charge >= 0.3 is 0 Å². The highest BCUT2D eigenvalue weighted by Gasteiger charge is 2.21. The first-order valence-electron chi connectivity index (χ1n) is 4.66. The third-order valence-corrected chi connectivity index (χ3v) is 3.69. The summed E-state index contributed by atoms with van der Waals surface area (Å²) >= 11 is 0. The summed E-state index contributed by atoms with van der Waals surface area (Å²) in [4.78, 5) is 0.181. The fraction of sp³-hybridized carbons (Fsp3) is 0.556. The SMILES string of the molecule is Cc1cc(S(=O)(=O)N[C@H](C)CN)c(C)o1.Cl. The van der Waals surface area contributed by atoms with Crippen LogP contribution in [0.25, 0.3) is 0 Å². The Morgan fingerprint density at radius 1 is 1.50 bits per heavy atom. The molecule has 94 valence electrons.